The van der Waals surface area contributed by atoms with Crippen LogP contribution in [0.2, 0.25) is 0 Å². The molecule has 0 bridgehead atoms. The summed E-state index contributed by atoms with van der Waals surface area (Å²) in [6.07, 6.45) is 1.35. The van der Waals surface area contributed by atoms with Crippen molar-refractivity contribution in [3.8, 4) is 0 Å². The van der Waals surface area contributed by atoms with Gasteiger partial charge in [0.05, 0.1) is 0 Å². The van der Waals surface area contributed by atoms with E-state index in [1.165, 1.54) is 0 Å². The third-order valence-corrected chi connectivity index (χ3v) is 2.98. The van der Waals surface area contributed by atoms with Gasteiger partial charge in [0.1, 0.15) is 0 Å². The number of nitrogens with zero attached hydrogens (tertiary/aromatic N) is 1. The van der Waals surface area contributed by atoms with Gasteiger partial charge in [0.25, 0.3) is 0 Å². The molecule has 5 heteroatoms. The molecular formula is C14H19N3O2. The summed E-state index contributed by atoms with van der Waals surface area (Å²) in [6, 6.07) is 7.91. The molecule has 0 saturated carbocycles. The van der Waals surface area contributed by atoms with E-state index in [1.807, 2.05) is 38.1 Å². The van der Waals surface area contributed by atoms with E-state index in [4.69, 9.17) is 4.84 Å². The molecular weight excluding hydrogens is 242 g/mol. The zero-order valence-electron chi connectivity index (χ0n) is 11.3. The highest BCUT2D eigenvalue weighted by Gasteiger charge is 2.18. The van der Waals surface area contributed by atoms with Gasteiger partial charge < -0.3 is 15.5 Å². The predicted octanol–water partition coefficient (Wildman–Crippen LogP) is 1.73. The minimum Gasteiger partial charge on any atom is -0.369 e. The molecule has 2 rings (SSSR count). The Morgan fingerprint density at radius 1 is 1.37 bits per heavy atom. The van der Waals surface area contributed by atoms with E-state index in [2.05, 4.69) is 15.8 Å². The second-order valence-corrected chi connectivity index (χ2v) is 4.41. The molecule has 1 aromatic carbocycles. The van der Waals surface area contributed by atoms with Gasteiger partial charge in [0.15, 0.2) is 12.1 Å². The number of hydrogen-bond acceptors (Lipinski definition) is 4. The minimum absolute atomic E-state index is 0.0291. The first-order valence-electron chi connectivity index (χ1n) is 6.59. The molecule has 0 saturated heterocycles. The zero-order chi connectivity index (χ0) is 13.7. The third kappa shape index (κ3) is 3.47. The van der Waals surface area contributed by atoms with Crippen LogP contribution in [0.4, 0.5) is 0 Å². The summed E-state index contributed by atoms with van der Waals surface area (Å²) in [5.41, 5.74) is 2.05. The quantitative estimate of drug-likeness (QED) is 0.848. The predicted molar refractivity (Wildman–Crippen MR) is 73.4 cm³/mol. The van der Waals surface area contributed by atoms with Gasteiger partial charge in [-0.15, -0.1) is 0 Å². The van der Waals surface area contributed by atoms with Gasteiger partial charge in [-0.1, -0.05) is 43.3 Å². The summed E-state index contributed by atoms with van der Waals surface area (Å²) in [5.74, 6) is 0.820. The van der Waals surface area contributed by atoms with Crippen LogP contribution >= 0.6 is 0 Å². The number of amidine groups is 1. The van der Waals surface area contributed by atoms with Gasteiger partial charge in [-0.05, 0) is 5.56 Å². The van der Waals surface area contributed by atoms with E-state index in [0.29, 0.717) is 13.0 Å². The van der Waals surface area contributed by atoms with Crippen molar-refractivity contribution in [2.45, 2.75) is 39.5 Å². The first-order chi connectivity index (χ1) is 9.22. The third-order valence-electron chi connectivity index (χ3n) is 2.98. The molecule has 1 amide bonds. The number of rotatable bonds is 5. The van der Waals surface area contributed by atoms with Gasteiger partial charge in [-0.3, -0.25) is 4.79 Å². The molecule has 0 radical (unpaired) electrons. The molecule has 0 spiro atoms. The summed E-state index contributed by atoms with van der Waals surface area (Å²) in [4.78, 5) is 16.4. The van der Waals surface area contributed by atoms with Gasteiger partial charge >= 0.3 is 0 Å². The lowest BCUT2D eigenvalue weighted by atomic mass is 10.1. The summed E-state index contributed by atoms with van der Waals surface area (Å²) >= 11 is 0. The van der Waals surface area contributed by atoms with Crippen LogP contribution in [0.15, 0.2) is 29.4 Å². The van der Waals surface area contributed by atoms with Crippen molar-refractivity contribution in [1.29, 1.82) is 0 Å². The minimum atomic E-state index is -0.0291. The maximum absolute atomic E-state index is 11.2. The largest absolute Gasteiger partial charge is 0.369 e. The molecule has 1 aliphatic rings. The lowest BCUT2D eigenvalue weighted by Gasteiger charge is -2.07. The van der Waals surface area contributed by atoms with Crippen molar-refractivity contribution in [3.05, 3.63) is 35.4 Å². The molecule has 1 atom stereocenters. The molecule has 2 N–H and O–H groups in total. The lowest BCUT2D eigenvalue weighted by molar-refractivity contribution is -0.120. The molecule has 1 heterocycles. The van der Waals surface area contributed by atoms with Crippen LogP contribution in [0.3, 0.4) is 0 Å². The molecule has 0 fully saturated rings. The van der Waals surface area contributed by atoms with E-state index in [9.17, 15) is 4.79 Å². The van der Waals surface area contributed by atoms with Crippen molar-refractivity contribution in [1.82, 2.24) is 10.6 Å². The Balaban J connectivity index is 1.93. The Hall–Kier alpha value is -2.04. The van der Waals surface area contributed by atoms with E-state index in [1.54, 1.807) is 0 Å². The molecule has 1 unspecified atom stereocenters. The second kappa shape index (κ2) is 6.22. The maximum atomic E-state index is 11.2. The van der Waals surface area contributed by atoms with Gasteiger partial charge in [-0.25, -0.2) is 0 Å². The van der Waals surface area contributed by atoms with Crippen LogP contribution in [-0.4, -0.2) is 18.0 Å². The van der Waals surface area contributed by atoms with Crippen molar-refractivity contribution >= 4 is 11.7 Å². The summed E-state index contributed by atoms with van der Waals surface area (Å²) in [5, 5.41) is 10.0. The first-order valence-corrected chi connectivity index (χ1v) is 6.59. The Labute approximate surface area is 113 Å². The number of benzene rings is 1. The molecule has 1 aromatic rings. The number of hydrogen-bond donors (Lipinski definition) is 2. The van der Waals surface area contributed by atoms with E-state index in [-0.39, 0.29) is 12.1 Å². The standard InChI is InChI=1S/C14H19N3O2/c1-3-12(18)15-9-10-5-7-11(8-6-10)14-16-13(4-2)19-17-14/h5-8,13H,3-4,9H2,1-2H3,(H,15,18)(H,16,17). The highest BCUT2D eigenvalue weighted by atomic mass is 16.7. The van der Waals surface area contributed by atoms with E-state index >= 15 is 0 Å². The lowest BCUT2D eigenvalue weighted by Crippen LogP contribution is -2.29. The molecule has 5 nitrogen and oxygen atoms in total. The number of carbonyl (C=O) groups is 1. The fourth-order valence-corrected chi connectivity index (χ4v) is 1.74. The van der Waals surface area contributed by atoms with Crippen LogP contribution in [0.1, 0.15) is 37.8 Å². The summed E-state index contributed by atoms with van der Waals surface area (Å²) in [7, 11) is 0. The Bertz CT molecular complexity index is 468. The molecule has 0 aromatic heterocycles. The molecule has 0 aliphatic carbocycles. The second-order valence-electron chi connectivity index (χ2n) is 4.41. The van der Waals surface area contributed by atoms with Gasteiger partial charge in [0, 0.05) is 24.9 Å². The van der Waals surface area contributed by atoms with Crippen LogP contribution in [0, 0.1) is 0 Å². The van der Waals surface area contributed by atoms with Gasteiger partial charge in [0.2, 0.25) is 5.91 Å². The van der Waals surface area contributed by atoms with Crippen LogP contribution in [0.25, 0.3) is 0 Å². The Morgan fingerprint density at radius 2 is 2.11 bits per heavy atom. The molecule has 19 heavy (non-hydrogen) atoms. The monoisotopic (exact) mass is 261 g/mol. The fraction of sp³-hybridized carbons (Fsp3) is 0.429. The number of oxime groups is 1. The van der Waals surface area contributed by atoms with Crippen molar-refractivity contribution < 1.29 is 9.63 Å². The number of nitrogens with one attached hydrogen (secondary N) is 2. The van der Waals surface area contributed by atoms with Crippen LogP contribution in [0.5, 0.6) is 0 Å². The number of amides is 1. The first kappa shape index (κ1) is 13.4. The molecule has 1 aliphatic heterocycles. The highest BCUT2D eigenvalue weighted by Crippen LogP contribution is 2.10. The SMILES string of the molecule is CCC(=O)NCc1ccc(C2=NOC(CC)N2)cc1. The average molecular weight is 261 g/mol. The average Bonchev–Trinajstić information content (AvgIpc) is 2.94. The Morgan fingerprint density at radius 3 is 2.68 bits per heavy atom. The summed E-state index contributed by atoms with van der Waals surface area (Å²) in [6.45, 7) is 4.43. The number of carbonyl (C=O) groups excluding carboxylic acids is 1. The fourth-order valence-electron chi connectivity index (χ4n) is 1.74. The summed E-state index contributed by atoms with van der Waals surface area (Å²) < 4.78 is 0. The normalized spacial score (nSPS) is 17.4. The highest BCUT2D eigenvalue weighted by molar-refractivity contribution is 5.99. The smallest absolute Gasteiger partial charge is 0.219 e. The van der Waals surface area contributed by atoms with Crippen molar-refractivity contribution in [2.24, 2.45) is 5.16 Å². The maximum Gasteiger partial charge on any atom is 0.219 e. The van der Waals surface area contributed by atoms with Crippen LogP contribution < -0.4 is 10.6 Å². The van der Waals surface area contributed by atoms with Crippen LogP contribution in [-0.2, 0) is 16.2 Å². The topological polar surface area (TPSA) is 62.7 Å². The van der Waals surface area contributed by atoms with E-state index in [0.717, 1.165) is 23.4 Å². The van der Waals surface area contributed by atoms with Crippen molar-refractivity contribution in [3.63, 3.8) is 0 Å². The van der Waals surface area contributed by atoms with E-state index < -0.39 is 0 Å². The zero-order valence-corrected chi connectivity index (χ0v) is 11.3. The van der Waals surface area contributed by atoms with Gasteiger partial charge in [-0.2, -0.15) is 0 Å². The van der Waals surface area contributed by atoms with Crippen molar-refractivity contribution in [2.75, 3.05) is 0 Å². The molecule has 102 valence electrons. The Kier molecular flexibility index (Phi) is 4.39.